The van der Waals surface area contributed by atoms with Gasteiger partial charge < -0.3 is 9.47 Å². The summed E-state index contributed by atoms with van der Waals surface area (Å²) in [5, 5.41) is 9.53. The molecular weight excluding hydrogens is 298 g/mol. The molecule has 0 aliphatic heterocycles. The van der Waals surface area contributed by atoms with Crippen molar-refractivity contribution in [2.75, 3.05) is 14.2 Å². The van der Waals surface area contributed by atoms with Gasteiger partial charge in [-0.1, -0.05) is 28.1 Å². The molecule has 0 aliphatic carbocycles. The van der Waals surface area contributed by atoms with Crippen LogP contribution in [-0.2, 0) is 14.9 Å². The van der Waals surface area contributed by atoms with Crippen molar-refractivity contribution in [3.63, 3.8) is 0 Å². The van der Waals surface area contributed by atoms with Gasteiger partial charge in [0.25, 0.3) is 0 Å². The lowest BCUT2D eigenvalue weighted by Gasteiger charge is -2.07. The molecule has 0 unspecified atom stereocenters. The fourth-order valence-corrected chi connectivity index (χ4v) is 1.84. The summed E-state index contributed by atoms with van der Waals surface area (Å²) in [5.74, 6) is 0.0452. The van der Waals surface area contributed by atoms with Crippen LogP contribution in [0.5, 0.6) is 5.75 Å². The van der Waals surface area contributed by atoms with Crippen molar-refractivity contribution in [3.05, 3.63) is 34.9 Å². The molecule has 4 nitrogen and oxygen atoms in total. The van der Waals surface area contributed by atoms with Gasteiger partial charge in [-0.2, -0.15) is 5.26 Å². The summed E-state index contributed by atoms with van der Waals surface area (Å²) in [6, 6.07) is 7.24. The zero-order valence-electron chi connectivity index (χ0n) is 10.1. The minimum absolute atomic E-state index is 0.0499. The Hall–Kier alpha value is -1.80. The average molecular weight is 310 g/mol. The molecule has 0 spiro atoms. The van der Waals surface area contributed by atoms with Crippen LogP contribution in [0.15, 0.2) is 23.8 Å². The topological polar surface area (TPSA) is 59.3 Å². The van der Waals surface area contributed by atoms with E-state index in [0.29, 0.717) is 16.6 Å². The smallest absolute Gasteiger partial charge is 0.348 e. The predicted octanol–water partition coefficient (Wildman–Crippen LogP) is 2.67. The van der Waals surface area contributed by atoms with E-state index in [1.54, 1.807) is 25.3 Å². The van der Waals surface area contributed by atoms with Crippen molar-refractivity contribution in [1.29, 1.82) is 5.26 Å². The Morgan fingerprint density at radius 1 is 1.50 bits per heavy atom. The minimum Gasteiger partial charge on any atom is -0.496 e. The molecule has 0 fully saturated rings. The molecule has 0 N–H and O–H groups in total. The second kappa shape index (κ2) is 6.82. The van der Waals surface area contributed by atoms with Crippen LogP contribution in [0, 0.1) is 11.3 Å². The predicted molar refractivity (Wildman–Crippen MR) is 71.2 cm³/mol. The molecule has 0 amide bonds. The van der Waals surface area contributed by atoms with Gasteiger partial charge in [-0.15, -0.1) is 0 Å². The summed E-state index contributed by atoms with van der Waals surface area (Å²) in [4.78, 5) is 11.3. The van der Waals surface area contributed by atoms with Crippen molar-refractivity contribution >= 4 is 28.0 Å². The summed E-state index contributed by atoms with van der Waals surface area (Å²) >= 11 is 3.35. The number of benzene rings is 1. The van der Waals surface area contributed by atoms with Gasteiger partial charge >= 0.3 is 5.97 Å². The normalized spacial score (nSPS) is 10.7. The van der Waals surface area contributed by atoms with Crippen molar-refractivity contribution in [2.24, 2.45) is 0 Å². The first-order chi connectivity index (χ1) is 8.65. The largest absolute Gasteiger partial charge is 0.496 e. The molecule has 0 radical (unpaired) electrons. The van der Waals surface area contributed by atoms with Crippen LogP contribution >= 0.6 is 15.9 Å². The number of rotatable bonds is 4. The van der Waals surface area contributed by atoms with Crippen LogP contribution in [0.4, 0.5) is 0 Å². The molecular formula is C13H12BrNO3. The van der Waals surface area contributed by atoms with Crippen LogP contribution in [-0.4, -0.2) is 20.2 Å². The number of nitrogens with zero attached hydrogens (tertiary/aromatic N) is 1. The third-order valence-corrected chi connectivity index (χ3v) is 2.90. The van der Waals surface area contributed by atoms with E-state index in [1.807, 2.05) is 6.07 Å². The lowest BCUT2D eigenvalue weighted by molar-refractivity contribution is -0.135. The molecule has 1 aromatic carbocycles. The second-order valence-corrected chi connectivity index (χ2v) is 3.93. The fraction of sp³-hybridized carbons (Fsp3) is 0.231. The summed E-state index contributed by atoms with van der Waals surface area (Å²) in [6.07, 6.45) is 1.46. The number of halogens is 1. The minimum atomic E-state index is -0.652. The highest BCUT2D eigenvalue weighted by molar-refractivity contribution is 9.08. The molecule has 0 aliphatic rings. The monoisotopic (exact) mass is 309 g/mol. The van der Waals surface area contributed by atoms with Crippen molar-refractivity contribution in [2.45, 2.75) is 5.33 Å². The van der Waals surface area contributed by atoms with Gasteiger partial charge in [0.05, 0.1) is 14.2 Å². The van der Waals surface area contributed by atoms with Crippen LogP contribution in [0.2, 0.25) is 0 Å². The molecule has 0 heterocycles. The second-order valence-electron chi connectivity index (χ2n) is 3.37. The van der Waals surface area contributed by atoms with E-state index in [0.717, 1.165) is 5.56 Å². The number of methoxy groups -OCH3 is 2. The maximum Gasteiger partial charge on any atom is 0.348 e. The Balaban J connectivity index is 3.15. The molecule has 0 saturated heterocycles. The van der Waals surface area contributed by atoms with E-state index in [2.05, 4.69) is 20.7 Å². The molecule has 1 aromatic rings. The number of carbonyl (C=O) groups excluding carboxylic acids is 1. The SMILES string of the molecule is COC(=O)C(C#N)=Cc1ccc(CBr)c(OC)c1. The highest BCUT2D eigenvalue weighted by atomic mass is 79.9. The number of alkyl halides is 1. The Labute approximate surface area is 114 Å². The number of nitriles is 1. The van der Waals surface area contributed by atoms with Crippen LogP contribution in [0.1, 0.15) is 11.1 Å². The van der Waals surface area contributed by atoms with E-state index < -0.39 is 5.97 Å². The van der Waals surface area contributed by atoms with E-state index in [4.69, 9.17) is 10.00 Å². The molecule has 94 valence electrons. The van der Waals surface area contributed by atoms with Crippen molar-refractivity contribution in [1.82, 2.24) is 0 Å². The first-order valence-corrected chi connectivity index (χ1v) is 6.21. The maximum atomic E-state index is 11.3. The Morgan fingerprint density at radius 2 is 2.22 bits per heavy atom. The average Bonchev–Trinajstić information content (AvgIpc) is 2.43. The Kier molecular flexibility index (Phi) is 5.40. The van der Waals surface area contributed by atoms with Gasteiger partial charge in [-0.25, -0.2) is 4.79 Å². The highest BCUT2D eigenvalue weighted by Gasteiger charge is 2.09. The Morgan fingerprint density at radius 3 is 2.72 bits per heavy atom. The molecule has 0 bridgehead atoms. The number of esters is 1. The van der Waals surface area contributed by atoms with Gasteiger partial charge in [0.1, 0.15) is 17.4 Å². The maximum absolute atomic E-state index is 11.3. The van der Waals surface area contributed by atoms with Crippen LogP contribution in [0.3, 0.4) is 0 Å². The fourth-order valence-electron chi connectivity index (χ4n) is 1.37. The molecule has 0 atom stereocenters. The summed E-state index contributed by atoms with van der Waals surface area (Å²) in [6.45, 7) is 0. The lowest BCUT2D eigenvalue weighted by Crippen LogP contribution is -2.02. The molecule has 0 saturated carbocycles. The van der Waals surface area contributed by atoms with Crippen molar-refractivity contribution in [3.8, 4) is 11.8 Å². The zero-order chi connectivity index (χ0) is 13.5. The molecule has 0 aromatic heterocycles. The highest BCUT2D eigenvalue weighted by Crippen LogP contribution is 2.23. The molecule has 1 rings (SSSR count). The van der Waals surface area contributed by atoms with Gasteiger partial charge in [0.15, 0.2) is 0 Å². The van der Waals surface area contributed by atoms with E-state index >= 15 is 0 Å². The van der Waals surface area contributed by atoms with Crippen molar-refractivity contribution < 1.29 is 14.3 Å². The van der Waals surface area contributed by atoms with Gasteiger partial charge in [-0.05, 0) is 17.7 Å². The van der Waals surface area contributed by atoms with E-state index in [-0.39, 0.29) is 5.57 Å². The lowest BCUT2D eigenvalue weighted by atomic mass is 10.1. The number of ether oxygens (including phenoxy) is 2. The number of hydrogen-bond acceptors (Lipinski definition) is 4. The number of carbonyl (C=O) groups is 1. The number of hydrogen-bond donors (Lipinski definition) is 0. The van der Waals surface area contributed by atoms with E-state index in [9.17, 15) is 4.79 Å². The summed E-state index contributed by atoms with van der Waals surface area (Å²) in [5.41, 5.74) is 1.65. The summed E-state index contributed by atoms with van der Waals surface area (Å²) in [7, 11) is 2.81. The zero-order valence-corrected chi connectivity index (χ0v) is 11.7. The van der Waals surface area contributed by atoms with Gasteiger partial charge in [-0.3, -0.25) is 0 Å². The summed E-state index contributed by atoms with van der Waals surface area (Å²) < 4.78 is 9.73. The van der Waals surface area contributed by atoms with Gasteiger partial charge in [0, 0.05) is 10.9 Å². The Bertz CT molecular complexity index is 517. The first-order valence-electron chi connectivity index (χ1n) is 5.09. The molecule has 5 heteroatoms. The standard InChI is InChI=1S/C13H12BrNO3/c1-17-12-6-9(3-4-10(12)7-14)5-11(8-15)13(16)18-2/h3-6H,7H2,1-2H3. The molecule has 18 heavy (non-hydrogen) atoms. The van der Waals surface area contributed by atoms with Gasteiger partial charge in [0.2, 0.25) is 0 Å². The first kappa shape index (κ1) is 14.3. The van der Waals surface area contributed by atoms with Crippen LogP contribution in [0.25, 0.3) is 6.08 Å². The van der Waals surface area contributed by atoms with E-state index in [1.165, 1.54) is 13.2 Å². The third kappa shape index (κ3) is 3.34. The quantitative estimate of drug-likeness (QED) is 0.371. The van der Waals surface area contributed by atoms with Crippen LogP contribution < -0.4 is 4.74 Å². The third-order valence-electron chi connectivity index (χ3n) is 2.29.